The van der Waals surface area contributed by atoms with Crippen LogP contribution < -0.4 is 5.32 Å². The molecule has 3 aromatic rings. The van der Waals surface area contributed by atoms with Crippen LogP contribution in [0.1, 0.15) is 20.6 Å². The molecule has 3 aromatic heterocycles. The molecule has 0 saturated carbocycles. The lowest BCUT2D eigenvalue weighted by Crippen LogP contribution is -2.23. The number of amides is 1. The summed E-state index contributed by atoms with van der Waals surface area (Å²) >= 11 is 1.26. The highest BCUT2D eigenvalue weighted by molar-refractivity contribution is 7.13. The maximum Gasteiger partial charge on any atom is 0.282 e. The summed E-state index contributed by atoms with van der Waals surface area (Å²) in [5.74, 6) is 0.405. The van der Waals surface area contributed by atoms with Gasteiger partial charge >= 0.3 is 0 Å². The topological polar surface area (TPSA) is 96.5 Å². The van der Waals surface area contributed by atoms with E-state index in [1.807, 2.05) is 12.1 Å². The van der Waals surface area contributed by atoms with Gasteiger partial charge in [0, 0.05) is 6.20 Å². The number of aromatic nitrogens is 5. The predicted octanol–water partition coefficient (Wildman–Crippen LogP) is 1.05. The van der Waals surface area contributed by atoms with Crippen molar-refractivity contribution in [2.24, 2.45) is 0 Å². The molecule has 3 rings (SSSR count). The van der Waals surface area contributed by atoms with Crippen molar-refractivity contribution in [3.63, 3.8) is 0 Å². The molecule has 0 saturated heterocycles. The summed E-state index contributed by atoms with van der Waals surface area (Å²) < 4.78 is 0. The third kappa shape index (κ3) is 2.43. The van der Waals surface area contributed by atoms with Gasteiger partial charge in [0.1, 0.15) is 10.8 Å². The second kappa shape index (κ2) is 4.73. The van der Waals surface area contributed by atoms with Crippen LogP contribution in [-0.4, -0.2) is 31.1 Å². The molecule has 1 amide bonds. The van der Waals surface area contributed by atoms with Crippen LogP contribution >= 0.6 is 11.3 Å². The molecule has 0 fully saturated rings. The number of hydrogen-bond acceptors (Lipinski definition) is 6. The number of nitrogens with one attached hydrogen (secondary N) is 2. The van der Waals surface area contributed by atoms with Gasteiger partial charge in [-0.05, 0) is 19.1 Å². The summed E-state index contributed by atoms with van der Waals surface area (Å²) in [6.45, 7) is 2.10. The summed E-state index contributed by atoms with van der Waals surface area (Å²) in [5, 5.41) is 11.4. The fourth-order valence-corrected chi connectivity index (χ4v) is 2.21. The van der Waals surface area contributed by atoms with Crippen molar-refractivity contribution in [2.75, 3.05) is 0 Å². The highest BCUT2D eigenvalue weighted by atomic mass is 32.1. The van der Waals surface area contributed by atoms with E-state index >= 15 is 0 Å². The molecule has 0 radical (unpaired) electrons. The number of hydrogen-bond donors (Lipinski definition) is 2. The van der Waals surface area contributed by atoms with E-state index in [9.17, 15) is 4.79 Å². The molecule has 0 aliphatic carbocycles. The van der Waals surface area contributed by atoms with Crippen LogP contribution in [0.4, 0.5) is 0 Å². The second-order valence-electron chi connectivity index (χ2n) is 3.87. The summed E-state index contributed by atoms with van der Waals surface area (Å²) in [6.07, 6.45) is 1.68. The van der Waals surface area contributed by atoms with E-state index < -0.39 is 0 Å². The van der Waals surface area contributed by atoms with Crippen LogP contribution in [-0.2, 0) is 6.54 Å². The quantitative estimate of drug-likeness (QED) is 0.744. The number of aryl methyl sites for hydroxylation is 1. The molecular weight excluding hydrogens is 264 g/mol. The zero-order valence-corrected chi connectivity index (χ0v) is 10.9. The van der Waals surface area contributed by atoms with Crippen LogP contribution in [0.2, 0.25) is 0 Å². The van der Waals surface area contributed by atoms with Crippen molar-refractivity contribution in [3.05, 3.63) is 34.2 Å². The fourth-order valence-electron chi connectivity index (χ4n) is 1.61. The van der Waals surface area contributed by atoms with Gasteiger partial charge in [-0.3, -0.25) is 4.79 Å². The number of H-pyrrole nitrogens is 1. The first-order chi connectivity index (χ1) is 9.22. The largest absolute Gasteiger partial charge is 0.343 e. The maximum atomic E-state index is 11.8. The van der Waals surface area contributed by atoms with E-state index in [-0.39, 0.29) is 5.91 Å². The molecule has 0 unspecified atom stereocenters. The van der Waals surface area contributed by atoms with Gasteiger partial charge in [-0.2, -0.15) is 0 Å². The summed E-state index contributed by atoms with van der Waals surface area (Å²) in [5.41, 5.74) is 1.48. The predicted molar refractivity (Wildman–Crippen MR) is 69.7 cm³/mol. The molecule has 7 nitrogen and oxygen atoms in total. The Bertz CT molecular complexity index is 700. The van der Waals surface area contributed by atoms with Crippen LogP contribution in [0.3, 0.4) is 0 Å². The van der Waals surface area contributed by atoms with E-state index in [0.717, 1.165) is 10.5 Å². The van der Waals surface area contributed by atoms with Gasteiger partial charge in [-0.15, -0.1) is 10.2 Å². The Morgan fingerprint density at radius 3 is 3.11 bits per heavy atom. The Balaban J connectivity index is 1.70. The highest BCUT2D eigenvalue weighted by Gasteiger charge is 2.11. The third-order valence-corrected chi connectivity index (χ3v) is 3.28. The monoisotopic (exact) mass is 274 g/mol. The number of carbonyl (C=O) groups excluding carboxylic acids is 1. The first kappa shape index (κ1) is 11.7. The maximum absolute atomic E-state index is 11.8. The molecule has 0 aliphatic rings. The zero-order valence-electron chi connectivity index (χ0n) is 10.0. The summed E-state index contributed by atoms with van der Waals surface area (Å²) in [7, 11) is 0. The summed E-state index contributed by atoms with van der Waals surface area (Å²) in [4.78, 5) is 23.3. The molecule has 96 valence electrons. The Morgan fingerprint density at radius 2 is 2.37 bits per heavy atom. The van der Waals surface area contributed by atoms with Crippen molar-refractivity contribution in [1.82, 2.24) is 30.5 Å². The first-order valence-electron chi connectivity index (χ1n) is 5.60. The average Bonchev–Trinajstić information content (AvgIpc) is 3.01. The van der Waals surface area contributed by atoms with Crippen LogP contribution in [0, 0.1) is 6.92 Å². The Hall–Kier alpha value is -2.35. The zero-order chi connectivity index (χ0) is 13.2. The van der Waals surface area contributed by atoms with Crippen molar-refractivity contribution in [3.8, 4) is 0 Å². The normalized spacial score (nSPS) is 10.8. The number of carbonyl (C=O) groups is 1. The smallest absolute Gasteiger partial charge is 0.282 e. The Kier molecular flexibility index (Phi) is 2.92. The molecule has 0 spiro atoms. The van der Waals surface area contributed by atoms with Gasteiger partial charge in [0.2, 0.25) is 5.01 Å². The van der Waals surface area contributed by atoms with Crippen LogP contribution in [0.15, 0.2) is 18.3 Å². The fraction of sp³-hybridized carbons (Fsp3) is 0.182. The SMILES string of the molecule is Cc1nnc(C(=O)NCc2nc3ncccc3[nH]2)s1. The number of pyridine rings is 1. The number of rotatable bonds is 3. The second-order valence-corrected chi connectivity index (χ2v) is 5.05. The van der Waals surface area contributed by atoms with Gasteiger partial charge in [-0.1, -0.05) is 11.3 Å². The van der Waals surface area contributed by atoms with Gasteiger partial charge in [0.25, 0.3) is 5.91 Å². The lowest BCUT2D eigenvalue weighted by molar-refractivity contribution is 0.0949. The average molecular weight is 274 g/mol. The van der Waals surface area contributed by atoms with Crippen molar-refractivity contribution < 1.29 is 4.79 Å². The molecular formula is C11H10N6OS. The number of aromatic amines is 1. The lowest BCUT2D eigenvalue weighted by Gasteiger charge is -1.98. The number of nitrogens with zero attached hydrogens (tertiary/aromatic N) is 4. The van der Waals surface area contributed by atoms with Crippen molar-refractivity contribution in [1.29, 1.82) is 0 Å². The molecule has 0 aliphatic heterocycles. The molecule has 0 aromatic carbocycles. The van der Waals surface area contributed by atoms with E-state index in [2.05, 4.69) is 30.5 Å². The lowest BCUT2D eigenvalue weighted by atomic mass is 10.4. The highest BCUT2D eigenvalue weighted by Crippen LogP contribution is 2.09. The van der Waals surface area contributed by atoms with Crippen LogP contribution in [0.25, 0.3) is 11.2 Å². The van der Waals surface area contributed by atoms with Gasteiger partial charge in [-0.25, -0.2) is 9.97 Å². The van der Waals surface area contributed by atoms with Gasteiger partial charge in [0.05, 0.1) is 12.1 Å². The molecule has 19 heavy (non-hydrogen) atoms. The summed E-state index contributed by atoms with van der Waals surface area (Å²) in [6, 6.07) is 3.71. The molecule has 0 bridgehead atoms. The molecule has 0 atom stereocenters. The molecule has 3 heterocycles. The number of imidazole rings is 1. The van der Waals surface area contributed by atoms with E-state index in [1.54, 1.807) is 13.1 Å². The Labute approximate surface area is 112 Å². The van der Waals surface area contributed by atoms with Crippen molar-refractivity contribution in [2.45, 2.75) is 13.5 Å². The minimum Gasteiger partial charge on any atom is -0.343 e. The van der Waals surface area contributed by atoms with Gasteiger partial charge < -0.3 is 10.3 Å². The number of fused-ring (bicyclic) bond motifs is 1. The molecule has 8 heteroatoms. The first-order valence-corrected chi connectivity index (χ1v) is 6.42. The van der Waals surface area contributed by atoms with E-state index in [0.29, 0.717) is 23.0 Å². The van der Waals surface area contributed by atoms with Crippen molar-refractivity contribution >= 4 is 28.4 Å². The van der Waals surface area contributed by atoms with E-state index in [1.165, 1.54) is 11.3 Å². The van der Waals surface area contributed by atoms with Gasteiger partial charge in [0.15, 0.2) is 5.65 Å². The van der Waals surface area contributed by atoms with Crippen LogP contribution in [0.5, 0.6) is 0 Å². The minimum atomic E-state index is -0.251. The van der Waals surface area contributed by atoms with E-state index in [4.69, 9.17) is 0 Å². The molecule has 2 N–H and O–H groups in total. The third-order valence-electron chi connectivity index (χ3n) is 2.44. The standard InChI is InChI=1S/C11H10N6OS/c1-6-16-17-11(19-6)10(18)13-5-8-14-7-3-2-4-12-9(7)15-8/h2-4H,5H2,1H3,(H,13,18)(H,12,14,15). The minimum absolute atomic E-state index is 0.251. The Morgan fingerprint density at radius 1 is 1.47 bits per heavy atom.